The van der Waals surface area contributed by atoms with Crippen molar-refractivity contribution in [1.29, 1.82) is 0 Å². The smallest absolute Gasteiger partial charge is 0.134 e. The van der Waals surface area contributed by atoms with E-state index in [1.54, 1.807) is 0 Å². The summed E-state index contributed by atoms with van der Waals surface area (Å²) in [6.07, 6.45) is 13.9. The second kappa shape index (κ2) is 16.3. The lowest BCUT2D eigenvalue weighted by molar-refractivity contribution is -0.916. The summed E-state index contributed by atoms with van der Waals surface area (Å²) < 4.78 is 1.32. The second-order valence-corrected chi connectivity index (χ2v) is 6.61. The minimum atomic E-state index is 0. The molecule has 1 nitrogen and oxygen atoms in total. The molecule has 0 heterocycles. The third-order valence-electron chi connectivity index (χ3n) is 4.21. The van der Waals surface area contributed by atoms with E-state index in [9.17, 15) is 0 Å². The van der Waals surface area contributed by atoms with Crippen LogP contribution in [-0.4, -0.2) is 29.6 Å². The summed E-state index contributed by atoms with van der Waals surface area (Å²) in [6, 6.07) is 0. The van der Waals surface area contributed by atoms with E-state index < -0.39 is 0 Å². The number of hydrogen-bond donors (Lipinski definition) is 0. The fourth-order valence-corrected chi connectivity index (χ4v) is 3.54. The molecule has 3 heteroatoms. The highest BCUT2D eigenvalue weighted by Crippen LogP contribution is 2.18. The Bertz CT molecular complexity index is 176. The van der Waals surface area contributed by atoms with Crippen molar-refractivity contribution in [3.63, 3.8) is 0 Å². The van der Waals surface area contributed by atoms with E-state index in [1.165, 1.54) is 88.3 Å². The van der Waals surface area contributed by atoms with Gasteiger partial charge in [-0.25, -0.2) is 0 Å². The van der Waals surface area contributed by atoms with E-state index >= 15 is 0 Å². The van der Waals surface area contributed by atoms with Crippen molar-refractivity contribution in [2.75, 3.05) is 25.1 Å². The third kappa shape index (κ3) is 11.6. The number of nitrogens with zero attached hydrogens (tertiary/aromatic N) is 1. The Morgan fingerprint density at radius 2 is 0.950 bits per heavy atom. The second-order valence-electron chi connectivity index (χ2n) is 6.11. The molecule has 0 bridgehead atoms. The number of rotatable bonds is 14. The van der Waals surface area contributed by atoms with Crippen molar-refractivity contribution < 1.29 is 21.5 Å². The van der Waals surface area contributed by atoms with Crippen molar-refractivity contribution >= 4 is 15.9 Å². The number of hydrogen-bond acceptors (Lipinski definition) is 0. The Balaban J connectivity index is 0. The first-order chi connectivity index (χ1) is 9.24. The first-order valence-electron chi connectivity index (χ1n) is 8.65. The van der Waals surface area contributed by atoms with Crippen LogP contribution in [-0.2, 0) is 0 Å². The van der Waals surface area contributed by atoms with E-state index in [-0.39, 0.29) is 17.0 Å². The molecule has 0 amide bonds. The Morgan fingerprint density at radius 3 is 1.30 bits per heavy atom. The van der Waals surface area contributed by atoms with E-state index in [0.29, 0.717) is 0 Å². The molecule has 0 saturated carbocycles. The fourth-order valence-electron chi connectivity index (χ4n) is 2.78. The molecule has 0 fully saturated rings. The number of quaternary nitrogens is 1. The van der Waals surface area contributed by atoms with Gasteiger partial charge in [-0.3, -0.25) is 0 Å². The van der Waals surface area contributed by atoms with Crippen molar-refractivity contribution in [2.45, 2.75) is 85.0 Å². The lowest BCUT2D eigenvalue weighted by Crippen LogP contribution is -3.00. The van der Waals surface area contributed by atoms with Crippen LogP contribution in [0.4, 0.5) is 0 Å². The van der Waals surface area contributed by atoms with Crippen molar-refractivity contribution in [2.24, 2.45) is 0 Å². The lowest BCUT2D eigenvalue weighted by Gasteiger charge is -2.37. The van der Waals surface area contributed by atoms with Gasteiger partial charge in [-0.05, 0) is 54.5 Å². The van der Waals surface area contributed by atoms with Gasteiger partial charge in [0.1, 0.15) is 5.45 Å². The fraction of sp³-hybridized carbons (Fsp3) is 1.00. The average molecular weight is 415 g/mol. The van der Waals surface area contributed by atoms with Crippen LogP contribution in [0.5, 0.6) is 0 Å². The van der Waals surface area contributed by atoms with Gasteiger partial charge in [0.05, 0.1) is 19.6 Å². The summed E-state index contributed by atoms with van der Waals surface area (Å²) >= 11 is 3.82. The summed E-state index contributed by atoms with van der Waals surface area (Å²) in [5, 5.41) is 0. The van der Waals surface area contributed by atoms with Crippen LogP contribution in [0.1, 0.15) is 85.0 Å². The van der Waals surface area contributed by atoms with Gasteiger partial charge >= 0.3 is 0 Å². The highest BCUT2D eigenvalue weighted by atomic mass is 79.9. The molecular weight excluding hydrogens is 378 g/mol. The zero-order valence-electron chi connectivity index (χ0n) is 14.1. The first kappa shape index (κ1) is 23.2. The zero-order chi connectivity index (χ0) is 14.4. The summed E-state index contributed by atoms with van der Waals surface area (Å²) in [6.45, 7) is 11.1. The highest BCUT2D eigenvalue weighted by Gasteiger charge is 2.24. The number of alkyl halides is 1. The van der Waals surface area contributed by atoms with Crippen LogP contribution in [0.25, 0.3) is 0 Å². The van der Waals surface area contributed by atoms with E-state index in [0.717, 1.165) is 5.45 Å². The normalized spacial score (nSPS) is 11.4. The van der Waals surface area contributed by atoms with Crippen LogP contribution in [0.2, 0.25) is 0 Å². The molecular formula is C17H37Br2N. The van der Waals surface area contributed by atoms with Crippen LogP contribution in [0.3, 0.4) is 0 Å². The molecule has 0 aromatic carbocycles. The molecule has 20 heavy (non-hydrogen) atoms. The predicted octanol–water partition coefficient (Wildman–Crippen LogP) is 3.12. The van der Waals surface area contributed by atoms with Gasteiger partial charge < -0.3 is 21.5 Å². The highest BCUT2D eigenvalue weighted by molar-refractivity contribution is 9.09. The summed E-state index contributed by atoms with van der Waals surface area (Å²) in [5.41, 5.74) is 1.16. The van der Waals surface area contributed by atoms with Gasteiger partial charge in [0.25, 0.3) is 0 Å². The Morgan fingerprint density at radius 1 is 0.600 bits per heavy atom. The zero-order valence-corrected chi connectivity index (χ0v) is 17.3. The third-order valence-corrected chi connectivity index (χ3v) is 5.28. The van der Waals surface area contributed by atoms with E-state index in [2.05, 4.69) is 36.7 Å². The summed E-state index contributed by atoms with van der Waals surface area (Å²) in [4.78, 5) is 0. The van der Waals surface area contributed by atoms with Gasteiger partial charge in [0, 0.05) is 0 Å². The lowest BCUT2D eigenvalue weighted by atomic mass is 10.1. The maximum Gasteiger partial charge on any atom is 0.134 e. The molecule has 0 spiro atoms. The number of unbranched alkanes of at least 4 members (excludes halogenated alkanes) is 7. The molecule has 0 rings (SSSR count). The van der Waals surface area contributed by atoms with Gasteiger partial charge in [-0.15, -0.1) is 0 Å². The first-order valence-corrected chi connectivity index (χ1v) is 9.77. The molecule has 0 aliphatic heterocycles. The summed E-state index contributed by atoms with van der Waals surface area (Å²) in [7, 11) is 0. The minimum Gasteiger partial charge on any atom is -1.00 e. The van der Waals surface area contributed by atoms with Crippen LogP contribution in [0, 0.1) is 0 Å². The number of halogens is 2. The van der Waals surface area contributed by atoms with Crippen molar-refractivity contribution in [3.05, 3.63) is 0 Å². The molecule has 0 atom stereocenters. The Labute approximate surface area is 147 Å². The topological polar surface area (TPSA) is 0 Å². The molecule has 0 unspecified atom stereocenters. The molecule has 0 radical (unpaired) electrons. The monoisotopic (exact) mass is 413 g/mol. The molecule has 0 N–H and O–H groups in total. The predicted molar refractivity (Wildman–Crippen MR) is 91.8 cm³/mol. The maximum absolute atomic E-state index is 3.82. The molecule has 0 aliphatic carbocycles. The molecule has 0 aromatic rings. The molecule has 0 aliphatic rings. The van der Waals surface area contributed by atoms with Crippen molar-refractivity contribution in [1.82, 2.24) is 0 Å². The minimum absolute atomic E-state index is 0. The van der Waals surface area contributed by atoms with E-state index in [1.807, 2.05) is 0 Å². The van der Waals surface area contributed by atoms with Crippen LogP contribution >= 0.6 is 15.9 Å². The van der Waals surface area contributed by atoms with Gasteiger partial charge in [-0.2, -0.15) is 0 Å². The Kier molecular flexibility index (Phi) is 18.9. The molecule has 0 aromatic heterocycles. The van der Waals surface area contributed by atoms with Crippen LogP contribution < -0.4 is 17.0 Å². The van der Waals surface area contributed by atoms with Crippen molar-refractivity contribution in [3.8, 4) is 0 Å². The van der Waals surface area contributed by atoms with Crippen LogP contribution in [0.15, 0.2) is 0 Å². The molecule has 0 saturated heterocycles. The average Bonchev–Trinajstić information content (AvgIpc) is 2.43. The molecule has 124 valence electrons. The summed E-state index contributed by atoms with van der Waals surface area (Å²) in [5.74, 6) is 0. The quantitative estimate of drug-likeness (QED) is 0.177. The Hall–Kier alpha value is 0.920. The van der Waals surface area contributed by atoms with Gasteiger partial charge in [-0.1, -0.05) is 46.5 Å². The largest absolute Gasteiger partial charge is 1.00 e. The van der Waals surface area contributed by atoms with Gasteiger partial charge in [0.15, 0.2) is 0 Å². The standard InChI is InChI=1S/C17H37BrN.BrH/c1-4-7-10-13-16-19(17-18,14-11-8-5-2)15-12-9-6-3;/h4-17H2,1-3H3;1H/q+1;/p-1. The van der Waals surface area contributed by atoms with E-state index in [4.69, 9.17) is 0 Å². The van der Waals surface area contributed by atoms with Gasteiger partial charge in [0.2, 0.25) is 0 Å². The SMILES string of the molecule is CCCCCC[N+](CBr)(CCCCC)CCCCC.[Br-]. The maximum atomic E-state index is 3.82.